The molecular formula is C22H24N4O. The highest BCUT2D eigenvalue weighted by molar-refractivity contribution is 5.94. The maximum atomic E-state index is 12.8. The number of carbonyl (C=O) groups is 1. The molecule has 4 rings (SSSR count). The molecule has 2 heterocycles. The number of imidazole rings is 1. The van der Waals surface area contributed by atoms with Gasteiger partial charge in [0.25, 0.3) is 0 Å². The molecule has 3 aromatic rings. The van der Waals surface area contributed by atoms with Crippen LogP contribution in [0.4, 0.5) is 10.5 Å². The number of likely N-dealkylation sites (tertiary alicyclic amines) is 1. The number of hydrogen-bond acceptors (Lipinski definition) is 2. The van der Waals surface area contributed by atoms with E-state index in [9.17, 15) is 4.79 Å². The van der Waals surface area contributed by atoms with Crippen molar-refractivity contribution in [2.75, 3.05) is 18.4 Å². The summed E-state index contributed by atoms with van der Waals surface area (Å²) in [5, 5.41) is 3.11. The van der Waals surface area contributed by atoms with Crippen LogP contribution >= 0.6 is 0 Å². The smallest absolute Gasteiger partial charge is 0.321 e. The molecule has 1 saturated heterocycles. The lowest BCUT2D eigenvalue weighted by molar-refractivity contribution is 0.193. The van der Waals surface area contributed by atoms with Gasteiger partial charge in [-0.2, -0.15) is 0 Å². The molecule has 2 aromatic carbocycles. The van der Waals surface area contributed by atoms with E-state index < -0.39 is 0 Å². The number of aromatic nitrogens is 2. The predicted molar refractivity (Wildman–Crippen MR) is 108 cm³/mol. The highest BCUT2D eigenvalue weighted by atomic mass is 16.2. The van der Waals surface area contributed by atoms with Crippen molar-refractivity contribution in [3.05, 3.63) is 72.8 Å². The first-order chi connectivity index (χ1) is 13.2. The van der Waals surface area contributed by atoms with Crippen LogP contribution in [-0.4, -0.2) is 33.6 Å². The lowest BCUT2D eigenvalue weighted by Crippen LogP contribution is -2.41. The number of carbonyl (C=O) groups excluding carboxylic acids is 1. The molecule has 2 amide bonds. The van der Waals surface area contributed by atoms with E-state index in [-0.39, 0.29) is 6.03 Å². The third-order valence-electron chi connectivity index (χ3n) is 5.26. The molecule has 0 spiro atoms. The summed E-state index contributed by atoms with van der Waals surface area (Å²) in [7, 11) is 2.03. The van der Waals surface area contributed by atoms with E-state index >= 15 is 0 Å². The van der Waals surface area contributed by atoms with Crippen molar-refractivity contribution in [1.82, 2.24) is 14.5 Å². The fraction of sp³-hybridized carbons (Fsp3) is 0.273. The largest absolute Gasteiger partial charge is 0.338 e. The third kappa shape index (κ3) is 3.72. The molecule has 1 aliphatic heterocycles. The number of nitrogens with one attached hydrogen (secondary N) is 1. The third-order valence-corrected chi connectivity index (χ3v) is 5.26. The van der Waals surface area contributed by atoms with Crippen LogP contribution in [0.3, 0.4) is 0 Å². The molecule has 0 radical (unpaired) electrons. The molecule has 0 saturated carbocycles. The normalized spacial score (nSPS) is 14.9. The first-order valence-corrected chi connectivity index (χ1v) is 9.40. The number of benzene rings is 2. The summed E-state index contributed by atoms with van der Waals surface area (Å²) in [5.74, 6) is 1.54. The van der Waals surface area contributed by atoms with Gasteiger partial charge in [0, 0.05) is 44.0 Å². The molecule has 1 aromatic heterocycles. The number of piperidine rings is 1. The van der Waals surface area contributed by atoms with Gasteiger partial charge < -0.3 is 14.8 Å². The van der Waals surface area contributed by atoms with Crippen molar-refractivity contribution < 1.29 is 4.79 Å². The van der Waals surface area contributed by atoms with Gasteiger partial charge in [-0.25, -0.2) is 9.78 Å². The minimum absolute atomic E-state index is 0.0309. The maximum Gasteiger partial charge on any atom is 0.321 e. The topological polar surface area (TPSA) is 50.2 Å². The zero-order chi connectivity index (χ0) is 18.6. The maximum absolute atomic E-state index is 12.8. The molecule has 138 valence electrons. The SMILES string of the molecule is Cn1ccnc1C1CCN(C(=O)Nc2ccccc2-c2ccccc2)CC1. The second kappa shape index (κ2) is 7.66. The number of nitrogens with zero attached hydrogens (tertiary/aromatic N) is 3. The average molecular weight is 360 g/mol. The van der Waals surface area contributed by atoms with Crippen molar-refractivity contribution in [3.8, 4) is 11.1 Å². The van der Waals surface area contributed by atoms with Gasteiger partial charge in [-0.3, -0.25) is 0 Å². The van der Waals surface area contributed by atoms with Crippen LogP contribution < -0.4 is 5.32 Å². The van der Waals surface area contributed by atoms with Crippen LogP contribution in [0.2, 0.25) is 0 Å². The Morgan fingerprint density at radius 1 is 1.04 bits per heavy atom. The molecule has 0 bridgehead atoms. The zero-order valence-electron chi connectivity index (χ0n) is 15.5. The first kappa shape index (κ1) is 17.3. The van der Waals surface area contributed by atoms with E-state index in [0.717, 1.165) is 48.6 Å². The van der Waals surface area contributed by atoms with Crippen molar-refractivity contribution >= 4 is 11.7 Å². The van der Waals surface area contributed by atoms with Crippen LogP contribution in [-0.2, 0) is 7.05 Å². The fourth-order valence-electron chi connectivity index (χ4n) is 3.77. The molecule has 5 heteroatoms. The first-order valence-electron chi connectivity index (χ1n) is 9.40. The quantitative estimate of drug-likeness (QED) is 0.748. The Bertz CT molecular complexity index is 911. The molecular weight excluding hydrogens is 336 g/mol. The van der Waals surface area contributed by atoms with Crippen LogP contribution in [0.1, 0.15) is 24.6 Å². The number of urea groups is 1. The van der Waals surface area contributed by atoms with Gasteiger partial charge in [0.15, 0.2) is 0 Å². The molecule has 5 nitrogen and oxygen atoms in total. The number of hydrogen-bond donors (Lipinski definition) is 1. The number of para-hydroxylation sites is 1. The lowest BCUT2D eigenvalue weighted by atomic mass is 9.96. The van der Waals surface area contributed by atoms with Gasteiger partial charge in [-0.1, -0.05) is 48.5 Å². The molecule has 1 aliphatic rings. The highest BCUT2D eigenvalue weighted by Gasteiger charge is 2.26. The minimum Gasteiger partial charge on any atom is -0.338 e. The fourth-order valence-corrected chi connectivity index (χ4v) is 3.77. The molecule has 0 aliphatic carbocycles. The summed E-state index contributed by atoms with van der Waals surface area (Å²) >= 11 is 0. The van der Waals surface area contributed by atoms with E-state index in [4.69, 9.17) is 0 Å². The minimum atomic E-state index is -0.0309. The molecule has 1 N–H and O–H groups in total. The molecule has 27 heavy (non-hydrogen) atoms. The van der Waals surface area contributed by atoms with Crippen molar-refractivity contribution in [3.63, 3.8) is 0 Å². The zero-order valence-corrected chi connectivity index (χ0v) is 15.5. The average Bonchev–Trinajstić information content (AvgIpc) is 3.15. The van der Waals surface area contributed by atoms with Crippen LogP contribution in [0.25, 0.3) is 11.1 Å². The molecule has 0 atom stereocenters. The summed E-state index contributed by atoms with van der Waals surface area (Å²) < 4.78 is 2.08. The van der Waals surface area contributed by atoms with E-state index in [1.54, 1.807) is 0 Å². The van der Waals surface area contributed by atoms with Crippen molar-refractivity contribution in [1.29, 1.82) is 0 Å². The second-order valence-electron chi connectivity index (χ2n) is 7.00. The number of amides is 2. The van der Waals surface area contributed by atoms with E-state index in [2.05, 4.69) is 27.0 Å². The predicted octanol–water partition coefficient (Wildman–Crippen LogP) is 4.50. The summed E-state index contributed by atoms with van der Waals surface area (Å²) in [5.41, 5.74) is 2.98. The van der Waals surface area contributed by atoms with E-state index in [0.29, 0.717) is 5.92 Å². The summed E-state index contributed by atoms with van der Waals surface area (Å²) in [4.78, 5) is 19.2. The van der Waals surface area contributed by atoms with E-state index in [1.807, 2.05) is 66.8 Å². The molecule has 0 unspecified atom stereocenters. The van der Waals surface area contributed by atoms with Gasteiger partial charge in [-0.05, 0) is 24.5 Å². The van der Waals surface area contributed by atoms with Crippen LogP contribution in [0.5, 0.6) is 0 Å². The van der Waals surface area contributed by atoms with Gasteiger partial charge in [0.05, 0.1) is 5.69 Å². The second-order valence-corrected chi connectivity index (χ2v) is 7.00. The summed E-state index contributed by atoms with van der Waals surface area (Å²) in [6, 6.07) is 18.1. The lowest BCUT2D eigenvalue weighted by Gasteiger charge is -2.32. The number of rotatable bonds is 3. The monoisotopic (exact) mass is 360 g/mol. The Morgan fingerprint density at radius 2 is 1.74 bits per heavy atom. The van der Waals surface area contributed by atoms with Gasteiger partial charge in [-0.15, -0.1) is 0 Å². The number of anilines is 1. The molecule has 1 fully saturated rings. The summed E-state index contributed by atoms with van der Waals surface area (Å²) in [6.07, 6.45) is 5.71. The Morgan fingerprint density at radius 3 is 2.44 bits per heavy atom. The summed E-state index contributed by atoms with van der Waals surface area (Å²) in [6.45, 7) is 1.49. The van der Waals surface area contributed by atoms with Crippen LogP contribution in [0.15, 0.2) is 67.0 Å². The van der Waals surface area contributed by atoms with E-state index in [1.165, 1.54) is 0 Å². The van der Waals surface area contributed by atoms with Crippen LogP contribution in [0, 0.1) is 0 Å². The Balaban J connectivity index is 1.43. The Hall–Kier alpha value is -3.08. The van der Waals surface area contributed by atoms with Gasteiger partial charge >= 0.3 is 6.03 Å². The highest BCUT2D eigenvalue weighted by Crippen LogP contribution is 2.29. The number of aryl methyl sites for hydroxylation is 1. The standard InChI is InChI=1S/C22H24N4O/c1-25-16-13-23-21(25)18-11-14-26(15-12-18)22(27)24-20-10-6-5-9-19(20)17-7-3-2-4-8-17/h2-10,13,16,18H,11-12,14-15H2,1H3,(H,24,27). The Labute approximate surface area is 159 Å². The van der Waals surface area contributed by atoms with Gasteiger partial charge in [0.1, 0.15) is 5.82 Å². The Kier molecular flexibility index (Phi) is 4.92. The van der Waals surface area contributed by atoms with Crippen molar-refractivity contribution in [2.24, 2.45) is 7.05 Å². The van der Waals surface area contributed by atoms with Crippen molar-refractivity contribution in [2.45, 2.75) is 18.8 Å². The van der Waals surface area contributed by atoms with Gasteiger partial charge in [0.2, 0.25) is 0 Å².